The minimum atomic E-state index is -0.725. The number of amides is 1. The number of carbonyl (C=O) groups is 1. The fourth-order valence-electron chi connectivity index (χ4n) is 1.89. The molecule has 0 aromatic heterocycles. The number of ether oxygens (including phenoxy) is 1. The Bertz CT molecular complexity index is 570. The number of hydrogen-bond donors (Lipinski definition) is 2. The van der Waals surface area contributed by atoms with Gasteiger partial charge >= 0.3 is 0 Å². The Morgan fingerprint density at radius 3 is 2.48 bits per heavy atom. The molecule has 126 valence electrons. The van der Waals surface area contributed by atoms with Crippen LogP contribution < -0.4 is 10.1 Å². The van der Waals surface area contributed by atoms with Crippen LogP contribution in [0.1, 0.15) is 40.2 Å². The molecule has 0 aliphatic heterocycles. The Morgan fingerprint density at radius 2 is 1.96 bits per heavy atom. The zero-order valence-electron chi connectivity index (χ0n) is 14.5. The highest BCUT2D eigenvalue weighted by Gasteiger charge is 2.28. The summed E-state index contributed by atoms with van der Waals surface area (Å²) < 4.78 is 5.76. The highest BCUT2D eigenvalue weighted by Crippen LogP contribution is 2.21. The monoisotopic (exact) mass is 318 g/mol. The number of rotatable bonds is 6. The van der Waals surface area contributed by atoms with Gasteiger partial charge in [0, 0.05) is 6.54 Å². The van der Waals surface area contributed by atoms with Crippen molar-refractivity contribution in [1.82, 2.24) is 5.32 Å². The highest BCUT2D eigenvalue weighted by atomic mass is 16.5. The Hall–Kier alpha value is -2.06. The van der Waals surface area contributed by atoms with Crippen LogP contribution in [0.5, 0.6) is 5.75 Å². The SMILES string of the molecule is CC(C)C(Oc1ccccc1C#N)C(=O)NCC(O)C(C)(C)C. The first-order chi connectivity index (χ1) is 10.7. The summed E-state index contributed by atoms with van der Waals surface area (Å²) in [5.74, 6) is 0.0183. The maximum Gasteiger partial charge on any atom is 0.261 e. The normalized spacial score (nSPS) is 14.0. The van der Waals surface area contributed by atoms with E-state index < -0.39 is 12.2 Å². The van der Waals surface area contributed by atoms with Gasteiger partial charge in [0.05, 0.1) is 11.7 Å². The van der Waals surface area contributed by atoms with Crippen molar-refractivity contribution < 1.29 is 14.6 Å². The van der Waals surface area contributed by atoms with Crippen molar-refractivity contribution in [3.8, 4) is 11.8 Å². The average Bonchev–Trinajstić information content (AvgIpc) is 2.48. The summed E-state index contributed by atoms with van der Waals surface area (Å²) in [5, 5.41) is 21.9. The molecule has 5 heteroatoms. The van der Waals surface area contributed by atoms with E-state index in [9.17, 15) is 9.90 Å². The van der Waals surface area contributed by atoms with Gasteiger partial charge in [-0.2, -0.15) is 5.26 Å². The molecule has 0 saturated carbocycles. The van der Waals surface area contributed by atoms with Crippen LogP contribution in [0.25, 0.3) is 0 Å². The van der Waals surface area contributed by atoms with Gasteiger partial charge in [0.2, 0.25) is 0 Å². The third-order valence-corrected chi connectivity index (χ3v) is 3.59. The molecule has 2 N–H and O–H groups in total. The molecule has 2 unspecified atom stereocenters. The minimum Gasteiger partial charge on any atom is -0.479 e. The minimum absolute atomic E-state index is 0.0754. The second kappa shape index (κ2) is 7.98. The summed E-state index contributed by atoms with van der Waals surface area (Å²) in [6, 6.07) is 8.88. The van der Waals surface area contributed by atoms with E-state index in [1.165, 1.54) is 0 Å². The van der Waals surface area contributed by atoms with E-state index in [0.717, 1.165) is 0 Å². The molecular weight excluding hydrogens is 292 g/mol. The van der Waals surface area contributed by atoms with Gasteiger partial charge in [0.25, 0.3) is 5.91 Å². The van der Waals surface area contributed by atoms with E-state index in [-0.39, 0.29) is 23.8 Å². The summed E-state index contributed by atoms with van der Waals surface area (Å²) in [7, 11) is 0. The predicted molar refractivity (Wildman–Crippen MR) is 88.9 cm³/mol. The van der Waals surface area contributed by atoms with Crippen LogP contribution >= 0.6 is 0 Å². The maximum absolute atomic E-state index is 12.4. The fraction of sp³-hybridized carbons (Fsp3) is 0.556. The lowest BCUT2D eigenvalue weighted by atomic mass is 9.89. The number of hydrogen-bond acceptors (Lipinski definition) is 4. The molecule has 2 atom stereocenters. The van der Waals surface area contributed by atoms with E-state index in [2.05, 4.69) is 11.4 Å². The first-order valence-corrected chi connectivity index (χ1v) is 7.78. The molecule has 0 bridgehead atoms. The predicted octanol–water partition coefficient (Wildman–Crippen LogP) is 2.48. The van der Waals surface area contributed by atoms with Crippen molar-refractivity contribution in [3.05, 3.63) is 29.8 Å². The average molecular weight is 318 g/mol. The van der Waals surface area contributed by atoms with Gasteiger partial charge in [-0.25, -0.2) is 0 Å². The highest BCUT2D eigenvalue weighted by molar-refractivity contribution is 5.81. The summed E-state index contributed by atoms with van der Waals surface area (Å²) in [4.78, 5) is 12.4. The van der Waals surface area contributed by atoms with E-state index in [1.54, 1.807) is 24.3 Å². The Morgan fingerprint density at radius 1 is 1.35 bits per heavy atom. The van der Waals surface area contributed by atoms with Crippen LogP contribution in [0, 0.1) is 22.7 Å². The molecule has 0 heterocycles. The lowest BCUT2D eigenvalue weighted by Gasteiger charge is -2.28. The van der Waals surface area contributed by atoms with Crippen LogP contribution in [0.2, 0.25) is 0 Å². The van der Waals surface area contributed by atoms with E-state index >= 15 is 0 Å². The Kier molecular flexibility index (Phi) is 6.59. The van der Waals surface area contributed by atoms with Crippen molar-refractivity contribution >= 4 is 5.91 Å². The molecular formula is C18H26N2O3. The van der Waals surface area contributed by atoms with Crippen molar-refractivity contribution in [2.75, 3.05) is 6.54 Å². The number of benzene rings is 1. The molecule has 0 radical (unpaired) electrons. The molecule has 1 rings (SSSR count). The lowest BCUT2D eigenvalue weighted by molar-refractivity contribution is -0.130. The molecule has 1 aromatic carbocycles. The smallest absolute Gasteiger partial charge is 0.261 e. The molecule has 0 fully saturated rings. The number of nitrogens with zero attached hydrogens (tertiary/aromatic N) is 1. The number of nitrogens with one attached hydrogen (secondary N) is 1. The molecule has 5 nitrogen and oxygen atoms in total. The van der Waals surface area contributed by atoms with Crippen LogP contribution in [-0.4, -0.2) is 29.8 Å². The summed E-state index contributed by atoms with van der Waals surface area (Å²) in [6.45, 7) is 9.63. The zero-order valence-corrected chi connectivity index (χ0v) is 14.5. The largest absolute Gasteiger partial charge is 0.479 e. The lowest BCUT2D eigenvalue weighted by Crippen LogP contribution is -2.46. The quantitative estimate of drug-likeness (QED) is 0.844. The third-order valence-electron chi connectivity index (χ3n) is 3.59. The van der Waals surface area contributed by atoms with E-state index in [4.69, 9.17) is 10.00 Å². The Balaban J connectivity index is 2.79. The van der Waals surface area contributed by atoms with Gasteiger partial charge in [0.1, 0.15) is 11.8 Å². The van der Waals surface area contributed by atoms with E-state index in [1.807, 2.05) is 34.6 Å². The molecule has 0 aliphatic carbocycles. The van der Waals surface area contributed by atoms with Crippen molar-refractivity contribution in [2.45, 2.75) is 46.8 Å². The maximum atomic E-state index is 12.4. The standard InChI is InChI=1S/C18H26N2O3/c1-12(2)16(17(22)20-11-15(21)18(3,4)5)23-14-9-7-6-8-13(14)10-19/h6-9,12,15-16,21H,11H2,1-5H3,(H,20,22). The fourth-order valence-corrected chi connectivity index (χ4v) is 1.89. The number of nitriles is 1. The summed E-state index contributed by atoms with van der Waals surface area (Å²) >= 11 is 0. The van der Waals surface area contributed by atoms with Crippen molar-refractivity contribution in [1.29, 1.82) is 5.26 Å². The molecule has 0 aliphatic rings. The van der Waals surface area contributed by atoms with Gasteiger partial charge in [-0.15, -0.1) is 0 Å². The number of aliphatic hydroxyl groups is 1. The first-order valence-electron chi connectivity index (χ1n) is 7.78. The van der Waals surface area contributed by atoms with Gasteiger partial charge in [-0.05, 0) is 23.5 Å². The van der Waals surface area contributed by atoms with Crippen LogP contribution in [0.15, 0.2) is 24.3 Å². The number of para-hydroxylation sites is 1. The van der Waals surface area contributed by atoms with Crippen molar-refractivity contribution in [3.63, 3.8) is 0 Å². The van der Waals surface area contributed by atoms with Gasteiger partial charge in [-0.1, -0.05) is 46.8 Å². The Labute approximate surface area is 138 Å². The second-order valence-corrected chi connectivity index (χ2v) is 7.02. The van der Waals surface area contributed by atoms with Crippen LogP contribution in [0.3, 0.4) is 0 Å². The van der Waals surface area contributed by atoms with Crippen LogP contribution in [0.4, 0.5) is 0 Å². The molecule has 0 saturated heterocycles. The number of aliphatic hydroxyl groups excluding tert-OH is 1. The molecule has 1 amide bonds. The third kappa shape index (κ3) is 5.57. The molecule has 0 spiro atoms. The second-order valence-electron chi connectivity index (χ2n) is 7.02. The summed E-state index contributed by atoms with van der Waals surface area (Å²) in [5.41, 5.74) is 0.0789. The van der Waals surface area contributed by atoms with Crippen LogP contribution in [-0.2, 0) is 4.79 Å². The molecule has 1 aromatic rings. The van der Waals surface area contributed by atoms with Gasteiger partial charge in [-0.3, -0.25) is 4.79 Å². The number of carbonyl (C=O) groups excluding carboxylic acids is 1. The van der Waals surface area contributed by atoms with Gasteiger partial charge in [0.15, 0.2) is 6.10 Å². The molecule has 23 heavy (non-hydrogen) atoms. The van der Waals surface area contributed by atoms with Gasteiger partial charge < -0.3 is 15.2 Å². The van der Waals surface area contributed by atoms with E-state index in [0.29, 0.717) is 11.3 Å². The first kappa shape index (κ1) is 19.0. The zero-order chi connectivity index (χ0) is 17.6. The summed E-state index contributed by atoms with van der Waals surface area (Å²) in [6.07, 6.45) is -1.37. The van der Waals surface area contributed by atoms with Crippen molar-refractivity contribution in [2.24, 2.45) is 11.3 Å². The topological polar surface area (TPSA) is 82.3 Å².